The fourth-order valence-corrected chi connectivity index (χ4v) is 2.93. The van der Waals surface area contributed by atoms with E-state index in [1.54, 1.807) is 9.58 Å². The van der Waals surface area contributed by atoms with Crippen molar-refractivity contribution in [3.8, 4) is 11.3 Å². The topological polar surface area (TPSA) is 70.4 Å². The summed E-state index contributed by atoms with van der Waals surface area (Å²) < 4.78 is 1.76. The summed E-state index contributed by atoms with van der Waals surface area (Å²) in [7, 11) is 1.87. The van der Waals surface area contributed by atoms with Crippen LogP contribution in [0.5, 0.6) is 0 Å². The molecule has 6 heteroatoms. The van der Waals surface area contributed by atoms with Gasteiger partial charge in [-0.25, -0.2) is 4.79 Å². The Labute approximate surface area is 135 Å². The first-order valence-corrected chi connectivity index (χ1v) is 7.92. The van der Waals surface area contributed by atoms with Crippen LogP contribution in [0.3, 0.4) is 0 Å². The number of aromatic nitrogens is 2. The van der Waals surface area contributed by atoms with Gasteiger partial charge in [-0.05, 0) is 12.8 Å². The van der Waals surface area contributed by atoms with Crippen LogP contribution in [-0.4, -0.2) is 45.0 Å². The maximum Gasteiger partial charge on any atom is 0.317 e. The molecule has 122 valence electrons. The van der Waals surface area contributed by atoms with Crippen molar-refractivity contribution < 1.29 is 9.90 Å². The van der Waals surface area contributed by atoms with Gasteiger partial charge in [0.25, 0.3) is 0 Å². The minimum absolute atomic E-state index is 0.133. The molecule has 0 saturated carbocycles. The number of rotatable bonds is 3. The second kappa shape index (κ2) is 6.83. The fraction of sp³-hybridized carbons (Fsp3) is 0.412. The Balaban J connectivity index is 1.68. The Morgan fingerprint density at radius 2 is 2.17 bits per heavy atom. The van der Waals surface area contributed by atoms with Gasteiger partial charge in [-0.3, -0.25) is 4.68 Å². The van der Waals surface area contributed by atoms with Crippen LogP contribution in [0.2, 0.25) is 0 Å². The minimum atomic E-state index is -0.409. The molecule has 0 bridgehead atoms. The lowest BCUT2D eigenvalue weighted by molar-refractivity contribution is 0.0842. The van der Waals surface area contributed by atoms with Crippen LogP contribution in [0, 0.1) is 0 Å². The highest BCUT2D eigenvalue weighted by atomic mass is 16.3. The highest BCUT2D eigenvalue weighted by Crippen LogP contribution is 2.21. The second-order valence-electron chi connectivity index (χ2n) is 5.94. The smallest absolute Gasteiger partial charge is 0.317 e. The number of β-amino-alcohol motifs (C(OH)–C–C–N with tert-alkyl or cyclic N) is 1. The van der Waals surface area contributed by atoms with Gasteiger partial charge in [-0.2, -0.15) is 5.10 Å². The van der Waals surface area contributed by atoms with Gasteiger partial charge < -0.3 is 15.3 Å². The molecule has 1 atom stereocenters. The Hall–Kier alpha value is -2.34. The van der Waals surface area contributed by atoms with E-state index in [2.05, 4.69) is 10.4 Å². The average molecular weight is 314 g/mol. The number of amides is 2. The van der Waals surface area contributed by atoms with Crippen LogP contribution in [0.25, 0.3) is 11.3 Å². The van der Waals surface area contributed by atoms with Crippen LogP contribution < -0.4 is 5.32 Å². The van der Waals surface area contributed by atoms with Crippen LogP contribution in [0.15, 0.2) is 36.5 Å². The number of aryl methyl sites for hydroxylation is 1. The maximum absolute atomic E-state index is 12.2. The van der Waals surface area contributed by atoms with E-state index in [1.165, 1.54) is 0 Å². The maximum atomic E-state index is 12.2. The summed E-state index contributed by atoms with van der Waals surface area (Å²) in [6, 6.07) is 9.80. The van der Waals surface area contributed by atoms with Crippen molar-refractivity contribution in [2.24, 2.45) is 7.05 Å². The van der Waals surface area contributed by atoms with Gasteiger partial charge in [-0.15, -0.1) is 0 Å². The second-order valence-corrected chi connectivity index (χ2v) is 5.94. The molecule has 0 aliphatic carbocycles. The number of piperidine rings is 1. The van der Waals surface area contributed by atoms with Crippen molar-refractivity contribution >= 4 is 6.03 Å². The first-order valence-electron chi connectivity index (χ1n) is 7.92. The number of carbonyl (C=O) groups is 1. The van der Waals surface area contributed by atoms with Gasteiger partial charge in [0.2, 0.25) is 0 Å². The van der Waals surface area contributed by atoms with Crippen molar-refractivity contribution in [1.82, 2.24) is 20.0 Å². The first-order chi connectivity index (χ1) is 11.1. The predicted octanol–water partition coefficient (Wildman–Crippen LogP) is 1.75. The van der Waals surface area contributed by atoms with E-state index in [4.69, 9.17) is 0 Å². The largest absolute Gasteiger partial charge is 0.391 e. The molecular weight excluding hydrogens is 292 g/mol. The molecule has 1 aromatic heterocycles. The van der Waals surface area contributed by atoms with E-state index in [9.17, 15) is 9.90 Å². The summed E-state index contributed by atoms with van der Waals surface area (Å²) in [4.78, 5) is 13.9. The molecule has 23 heavy (non-hydrogen) atoms. The van der Waals surface area contributed by atoms with E-state index >= 15 is 0 Å². The fourth-order valence-electron chi connectivity index (χ4n) is 2.93. The summed E-state index contributed by atoms with van der Waals surface area (Å²) in [5.41, 5.74) is 2.89. The van der Waals surface area contributed by atoms with Crippen LogP contribution in [0.4, 0.5) is 4.79 Å². The number of hydrogen-bond donors (Lipinski definition) is 2. The normalized spacial score (nSPS) is 18.0. The summed E-state index contributed by atoms with van der Waals surface area (Å²) in [6.45, 7) is 1.52. The van der Waals surface area contributed by atoms with E-state index in [0.29, 0.717) is 19.6 Å². The van der Waals surface area contributed by atoms with Crippen molar-refractivity contribution in [3.63, 3.8) is 0 Å². The Bertz CT molecular complexity index is 668. The summed E-state index contributed by atoms with van der Waals surface area (Å²) in [5.74, 6) is 0. The highest BCUT2D eigenvalue weighted by Gasteiger charge is 2.22. The zero-order chi connectivity index (χ0) is 16.2. The number of hydrogen-bond acceptors (Lipinski definition) is 3. The SMILES string of the molecule is Cn1cc(CNC(=O)N2CCC[C@H](O)C2)c(-c2ccccc2)n1. The van der Waals surface area contributed by atoms with Crippen molar-refractivity contribution in [2.45, 2.75) is 25.5 Å². The molecule has 3 rings (SSSR count). The number of aliphatic hydroxyl groups excluding tert-OH is 1. The third kappa shape index (κ3) is 3.71. The summed E-state index contributed by atoms with van der Waals surface area (Å²) in [6.07, 6.45) is 3.13. The Kier molecular flexibility index (Phi) is 4.62. The predicted molar refractivity (Wildman–Crippen MR) is 87.7 cm³/mol. The lowest BCUT2D eigenvalue weighted by Crippen LogP contribution is -2.46. The number of nitrogens with zero attached hydrogens (tertiary/aromatic N) is 3. The molecule has 2 heterocycles. The molecular formula is C17H22N4O2. The van der Waals surface area contributed by atoms with Crippen molar-refractivity contribution in [1.29, 1.82) is 0 Å². The van der Waals surface area contributed by atoms with E-state index in [0.717, 1.165) is 29.7 Å². The molecule has 2 amide bonds. The van der Waals surface area contributed by atoms with E-state index in [1.807, 2.05) is 43.6 Å². The molecule has 1 aliphatic rings. The number of benzene rings is 1. The number of carbonyl (C=O) groups excluding carboxylic acids is 1. The standard InChI is InChI=1S/C17H22N4O2/c1-20-11-14(16(19-20)13-6-3-2-4-7-13)10-18-17(23)21-9-5-8-15(22)12-21/h2-4,6-7,11,15,22H,5,8-10,12H2,1H3,(H,18,23)/t15-/m0/s1. The molecule has 0 radical (unpaired) electrons. The molecule has 1 aromatic carbocycles. The van der Waals surface area contributed by atoms with Gasteiger partial charge in [0.15, 0.2) is 0 Å². The summed E-state index contributed by atoms with van der Waals surface area (Å²) in [5, 5.41) is 17.1. The van der Waals surface area contributed by atoms with E-state index in [-0.39, 0.29) is 6.03 Å². The molecule has 1 aliphatic heterocycles. The van der Waals surface area contributed by atoms with Crippen LogP contribution in [0.1, 0.15) is 18.4 Å². The first kappa shape index (κ1) is 15.6. The lowest BCUT2D eigenvalue weighted by Gasteiger charge is -2.30. The molecule has 1 fully saturated rings. The molecule has 2 aromatic rings. The summed E-state index contributed by atoms with van der Waals surface area (Å²) >= 11 is 0. The molecule has 1 saturated heterocycles. The monoisotopic (exact) mass is 314 g/mol. The number of aliphatic hydroxyl groups is 1. The minimum Gasteiger partial charge on any atom is -0.391 e. The lowest BCUT2D eigenvalue weighted by atomic mass is 10.1. The molecule has 0 spiro atoms. The van der Waals surface area contributed by atoms with Gasteiger partial charge in [0.05, 0.1) is 11.8 Å². The van der Waals surface area contributed by atoms with Gasteiger partial charge >= 0.3 is 6.03 Å². The number of nitrogens with one attached hydrogen (secondary N) is 1. The Morgan fingerprint density at radius 1 is 1.39 bits per heavy atom. The zero-order valence-corrected chi connectivity index (χ0v) is 13.3. The van der Waals surface area contributed by atoms with Crippen LogP contribution >= 0.6 is 0 Å². The van der Waals surface area contributed by atoms with Gasteiger partial charge in [0, 0.05) is 44.0 Å². The third-order valence-electron chi connectivity index (χ3n) is 4.07. The third-order valence-corrected chi connectivity index (χ3v) is 4.07. The average Bonchev–Trinajstić information content (AvgIpc) is 2.94. The quantitative estimate of drug-likeness (QED) is 0.907. The van der Waals surface area contributed by atoms with Gasteiger partial charge in [0.1, 0.15) is 0 Å². The molecule has 6 nitrogen and oxygen atoms in total. The zero-order valence-electron chi connectivity index (χ0n) is 13.3. The molecule has 2 N–H and O–H groups in total. The van der Waals surface area contributed by atoms with E-state index < -0.39 is 6.10 Å². The number of urea groups is 1. The number of likely N-dealkylation sites (tertiary alicyclic amines) is 1. The molecule has 0 unspecified atom stereocenters. The van der Waals surface area contributed by atoms with Crippen molar-refractivity contribution in [2.75, 3.05) is 13.1 Å². The highest BCUT2D eigenvalue weighted by molar-refractivity contribution is 5.74. The van der Waals surface area contributed by atoms with Gasteiger partial charge in [-0.1, -0.05) is 30.3 Å². The van der Waals surface area contributed by atoms with Crippen LogP contribution in [-0.2, 0) is 13.6 Å². The van der Waals surface area contributed by atoms with Crippen molar-refractivity contribution in [3.05, 3.63) is 42.1 Å². The Morgan fingerprint density at radius 3 is 2.91 bits per heavy atom.